The molecule has 0 fully saturated rings. The van der Waals surface area contributed by atoms with Gasteiger partial charge in [-0.1, -0.05) is 109 Å². The minimum Gasteiger partial charge on any atom is -0.308 e. The van der Waals surface area contributed by atoms with Crippen LogP contribution in [0.25, 0.3) is 99.2 Å². The van der Waals surface area contributed by atoms with Gasteiger partial charge in [0, 0.05) is 28.5 Å². The molecule has 4 nitrogen and oxygen atoms in total. The monoisotopic (exact) mass is 636 g/mol. The first-order chi connectivity index (χ1) is 24.8. The van der Waals surface area contributed by atoms with Crippen molar-refractivity contribution >= 4 is 65.3 Å². The van der Waals surface area contributed by atoms with Crippen molar-refractivity contribution in [3.8, 4) is 33.9 Å². The number of rotatable bonds is 4. The second-order valence-corrected chi connectivity index (χ2v) is 13.0. The lowest BCUT2D eigenvalue weighted by Crippen LogP contribution is -1.97. The van der Waals surface area contributed by atoms with Gasteiger partial charge in [0.2, 0.25) is 0 Å². The average Bonchev–Trinajstić information content (AvgIpc) is 3.74. The molecule has 0 unspecified atom stereocenters. The Balaban J connectivity index is 1.11. The van der Waals surface area contributed by atoms with Crippen molar-refractivity contribution in [1.29, 1.82) is 0 Å². The fraction of sp³-hybridized carbons (Fsp3) is 0. The van der Waals surface area contributed by atoms with Crippen molar-refractivity contribution in [2.24, 2.45) is 0 Å². The van der Waals surface area contributed by atoms with Crippen LogP contribution in [-0.2, 0) is 0 Å². The number of hydrogen-bond donors (Lipinski definition) is 0. The first-order valence-electron chi connectivity index (χ1n) is 17.0. The molecule has 232 valence electrons. The zero-order valence-electron chi connectivity index (χ0n) is 27.0. The zero-order chi connectivity index (χ0) is 32.8. The Labute approximate surface area is 287 Å². The van der Waals surface area contributed by atoms with Crippen LogP contribution in [0.2, 0.25) is 0 Å². The van der Waals surface area contributed by atoms with E-state index < -0.39 is 0 Å². The van der Waals surface area contributed by atoms with Crippen LogP contribution in [0, 0.1) is 0 Å². The standard InChI is InChI=1S/C46H28N4/c1-3-10-33(11-4-1)49-40-16-9-27-47-45(40)44-37-26-22-30-21-24-35(36-25-23-32(28-41(44)49)43(37)42(30)36)29-17-19-31(20-18-29)46-48-38-14-7-8-15-39(38)50(46)34-12-5-2-6-13-34/h1-28H. The molecular weight excluding hydrogens is 609 g/mol. The maximum atomic E-state index is 5.09. The summed E-state index contributed by atoms with van der Waals surface area (Å²) < 4.78 is 4.61. The van der Waals surface area contributed by atoms with Crippen molar-refractivity contribution < 1.29 is 0 Å². The molecule has 11 rings (SSSR count). The van der Waals surface area contributed by atoms with E-state index in [1.54, 1.807) is 0 Å². The summed E-state index contributed by atoms with van der Waals surface area (Å²) in [6.07, 6.45) is 1.91. The van der Waals surface area contributed by atoms with Crippen molar-refractivity contribution in [1.82, 2.24) is 19.1 Å². The minimum atomic E-state index is 0.937. The summed E-state index contributed by atoms with van der Waals surface area (Å²) in [5, 5.41) is 8.76. The predicted octanol–water partition coefficient (Wildman–Crippen LogP) is 11.7. The van der Waals surface area contributed by atoms with Gasteiger partial charge in [-0.3, -0.25) is 9.55 Å². The van der Waals surface area contributed by atoms with Crippen LogP contribution in [0.4, 0.5) is 0 Å². The van der Waals surface area contributed by atoms with Crippen molar-refractivity contribution in [3.63, 3.8) is 0 Å². The molecule has 3 aromatic heterocycles. The van der Waals surface area contributed by atoms with Gasteiger partial charge in [0.15, 0.2) is 0 Å². The first kappa shape index (κ1) is 27.2. The molecule has 0 amide bonds. The van der Waals surface area contributed by atoms with E-state index >= 15 is 0 Å². The second kappa shape index (κ2) is 10.4. The van der Waals surface area contributed by atoms with Crippen LogP contribution >= 0.6 is 0 Å². The van der Waals surface area contributed by atoms with Crippen molar-refractivity contribution in [3.05, 3.63) is 170 Å². The quantitative estimate of drug-likeness (QED) is 0.180. The van der Waals surface area contributed by atoms with E-state index in [-0.39, 0.29) is 0 Å². The van der Waals surface area contributed by atoms with E-state index in [4.69, 9.17) is 9.97 Å². The highest BCUT2D eigenvalue weighted by atomic mass is 15.1. The molecule has 4 heteroatoms. The maximum absolute atomic E-state index is 5.09. The van der Waals surface area contributed by atoms with Crippen molar-refractivity contribution in [2.45, 2.75) is 0 Å². The summed E-state index contributed by atoms with van der Waals surface area (Å²) in [5.41, 5.74) is 11.1. The van der Waals surface area contributed by atoms with Gasteiger partial charge in [0.05, 0.1) is 27.6 Å². The Morgan fingerprint density at radius 2 is 1.06 bits per heavy atom. The Kier molecular flexibility index (Phi) is 5.63. The third-order valence-electron chi connectivity index (χ3n) is 10.3. The van der Waals surface area contributed by atoms with E-state index in [9.17, 15) is 0 Å². The van der Waals surface area contributed by atoms with Crippen LogP contribution in [0.5, 0.6) is 0 Å². The molecule has 0 bridgehead atoms. The smallest absolute Gasteiger partial charge is 0.145 e. The van der Waals surface area contributed by atoms with Gasteiger partial charge < -0.3 is 4.57 Å². The molecule has 8 aromatic carbocycles. The molecule has 3 heterocycles. The lowest BCUT2D eigenvalue weighted by atomic mass is 9.88. The summed E-state index contributed by atoms with van der Waals surface area (Å²) in [6.45, 7) is 0. The Bertz CT molecular complexity index is 3060. The summed E-state index contributed by atoms with van der Waals surface area (Å²) in [6, 6.07) is 58.6. The molecule has 0 spiro atoms. The molecule has 0 N–H and O–H groups in total. The van der Waals surface area contributed by atoms with E-state index in [2.05, 4.69) is 161 Å². The molecule has 0 aliphatic carbocycles. The van der Waals surface area contributed by atoms with Gasteiger partial charge in [-0.25, -0.2) is 4.98 Å². The zero-order valence-corrected chi connectivity index (χ0v) is 27.0. The highest BCUT2D eigenvalue weighted by Crippen LogP contribution is 2.44. The summed E-state index contributed by atoms with van der Waals surface area (Å²) in [7, 11) is 0. The van der Waals surface area contributed by atoms with Gasteiger partial charge in [0.25, 0.3) is 0 Å². The normalized spacial score (nSPS) is 12.0. The third-order valence-corrected chi connectivity index (χ3v) is 10.3. The number of benzene rings is 8. The average molecular weight is 637 g/mol. The fourth-order valence-corrected chi connectivity index (χ4v) is 8.15. The number of nitrogens with zero attached hydrogens (tertiary/aromatic N) is 4. The molecule has 11 aromatic rings. The van der Waals surface area contributed by atoms with E-state index in [0.29, 0.717) is 0 Å². The van der Waals surface area contributed by atoms with Gasteiger partial charge >= 0.3 is 0 Å². The number of aromatic nitrogens is 4. The molecule has 50 heavy (non-hydrogen) atoms. The molecule has 0 aliphatic rings. The Hall–Kier alpha value is -6.78. The van der Waals surface area contributed by atoms with Crippen molar-refractivity contribution in [2.75, 3.05) is 0 Å². The summed E-state index contributed by atoms with van der Waals surface area (Å²) in [4.78, 5) is 10.0. The van der Waals surface area contributed by atoms with Crippen LogP contribution in [0.1, 0.15) is 0 Å². The van der Waals surface area contributed by atoms with Crippen LogP contribution < -0.4 is 0 Å². The van der Waals surface area contributed by atoms with Gasteiger partial charge in [-0.2, -0.15) is 0 Å². The van der Waals surface area contributed by atoms with Crippen LogP contribution in [-0.4, -0.2) is 19.1 Å². The molecular formula is C46H28N4. The molecule has 0 saturated heterocycles. The van der Waals surface area contributed by atoms with Gasteiger partial charge in [0.1, 0.15) is 5.82 Å². The first-order valence-corrected chi connectivity index (χ1v) is 17.0. The van der Waals surface area contributed by atoms with E-state index in [0.717, 1.165) is 44.8 Å². The number of para-hydroxylation sites is 4. The molecule has 0 radical (unpaired) electrons. The number of fused-ring (bicyclic) bond motifs is 5. The second-order valence-electron chi connectivity index (χ2n) is 13.0. The highest BCUT2D eigenvalue weighted by Gasteiger charge is 2.20. The SMILES string of the molecule is c1ccc(-n2c(-c3ccc(-c4ccc5ccc6c7c(ccc4c57)cc4c6c5ncccc5n4-c4ccccc4)cc3)nc3ccccc32)cc1. The summed E-state index contributed by atoms with van der Waals surface area (Å²) in [5.74, 6) is 0.937. The topological polar surface area (TPSA) is 35.6 Å². The predicted molar refractivity (Wildman–Crippen MR) is 208 cm³/mol. The molecule has 0 aliphatic heterocycles. The lowest BCUT2D eigenvalue weighted by Gasteiger charge is -2.16. The van der Waals surface area contributed by atoms with E-state index in [1.807, 2.05) is 18.3 Å². The number of hydrogen-bond acceptors (Lipinski definition) is 2. The molecule has 0 saturated carbocycles. The molecule has 0 atom stereocenters. The maximum Gasteiger partial charge on any atom is 0.145 e. The third kappa shape index (κ3) is 3.81. The minimum absolute atomic E-state index is 0.937. The van der Waals surface area contributed by atoms with Gasteiger partial charge in [-0.05, 0) is 98.0 Å². The fourth-order valence-electron chi connectivity index (χ4n) is 8.15. The van der Waals surface area contributed by atoms with Crippen LogP contribution in [0.15, 0.2) is 170 Å². The van der Waals surface area contributed by atoms with Crippen LogP contribution in [0.3, 0.4) is 0 Å². The number of pyridine rings is 1. The number of imidazole rings is 1. The lowest BCUT2D eigenvalue weighted by molar-refractivity contribution is 1.10. The largest absolute Gasteiger partial charge is 0.308 e. The Morgan fingerprint density at radius 3 is 1.88 bits per heavy atom. The van der Waals surface area contributed by atoms with E-state index in [1.165, 1.54) is 54.3 Å². The highest BCUT2D eigenvalue weighted by molar-refractivity contribution is 6.33. The van der Waals surface area contributed by atoms with Gasteiger partial charge in [-0.15, -0.1) is 0 Å². The Morgan fingerprint density at radius 1 is 0.420 bits per heavy atom. The summed E-state index contributed by atoms with van der Waals surface area (Å²) >= 11 is 0.